The van der Waals surface area contributed by atoms with Crippen LogP contribution in [0.2, 0.25) is 0 Å². The van der Waals surface area contributed by atoms with Crippen molar-refractivity contribution in [3.05, 3.63) is 48.1 Å². The van der Waals surface area contributed by atoms with E-state index in [4.69, 9.17) is 14.2 Å². The zero-order chi connectivity index (χ0) is 19.2. The maximum absolute atomic E-state index is 12.6. The first-order valence-corrected chi connectivity index (χ1v) is 8.50. The van der Waals surface area contributed by atoms with Crippen LogP contribution in [0, 0.1) is 5.92 Å². The molecule has 26 heavy (non-hydrogen) atoms. The Morgan fingerprint density at radius 1 is 1.35 bits per heavy atom. The SMILES string of the molecule is C=C1C=CC(=O)C2(C)CC(OC(=O)C(C)=CC)C3C(=C)C(=O)OC3C1O2. The summed E-state index contributed by atoms with van der Waals surface area (Å²) in [6, 6.07) is 0. The van der Waals surface area contributed by atoms with Crippen molar-refractivity contribution in [3.63, 3.8) is 0 Å². The van der Waals surface area contributed by atoms with Gasteiger partial charge in [0.05, 0.1) is 5.92 Å². The van der Waals surface area contributed by atoms with Gasteiger partial charge in [0.2, 0.25) is 0 Å². The van der Waals surface area contributed by atoms with Crippen LogP contribution in [0.4, 0.5) is 0 Å². The van der Waals surface area contributed by atoms with Gasteiger partial charge >= 0.3 is 11.9 Å². The van der Waals surface area contributed by atoms with Gasteiger partial charge in [0.25, 0.3) is 0 Å². The summed E-state index contributed by atoms with van der Waals surface area (Å²) in [5.41, 5.74) is -0.0415. The summed E-state index contributed by atoms with van der Waals surface area (Å²) in [6.07, 6.45) is 2.49. The van der Waals surface area contributed by atoms with Crippen molar-refractivity contribution in [1.82, 2.24) is 0 Å². The van der Waals surface area contributed by atoms with E-state index in [1.807, 2.05) is 0 Å². The van der Waals surface area contributed by atoms with Crippen molar-refractivity contribution < 1.29 is 28.6 Å². The first-order chi connectivity index (χ1) is 12.2. The van der Waals surface area contributed by atoms with E-state index in [0.29, 0.717) is 11.1 Å². The number of carbonyl (C=O) groups excluding carboxylic acids is 3. The molecule has 0 saturated carbocycles. The number of hydrogen-bond donors (Lipinski definition) is 0. The Morgan fingerprint density at radius 3 is 2.69 bits per heavy atom. The number of fused-ring (bicyclic) bond motifs is 4. The summed E-state index contributed by atoms with van der Waals surface area (Å²) >= 11 is 0. The number of hydrogen-bond acceptors (Lipinski definition) is 6. The molecule has 0 N–H and O–H groups in total. The molecule has 0 aromatic carbocycles. The molecule has 5 atom stereocenters. The minimum atomic E-state index is -1.22. The topological polar surface area (TPSA) is 78.9 Å². The van der Waals surface area contributed by atoms with Crippen LogP contribution in [0.1, 0.15) is 27.2 Å². The lowest BCUT2D eigenvalue weighted by atomic mass is 9.82. The number of esters is 2. The van der Waals surface area contributed by atoms with Gasteiger partial charge in [0.1, 0.15) is 23.9 Å². The Kier molecular flexibility index (Phi) is 4.48. The minimum Gasteiger partial charge on any atom is -0.458 e. The molecule has 3 heterocycles. The van der Waals surface area contributed by atoms with E-state index in [1.165, 1.54) is 6.08 Å². The Labute approximate surface area is 152 Å². The van der Waals surface area contributed by atoms with Gasteiger partial charge in [-0.2, -0.15) is 0 Å². The molecule has 0 aromatic heterocycles. The van der Waals surface area contributed by atoms with Crippen LogP contribution < -0.4 is 0 Å². The molecule has 6 heteroatoms. The molecule has 6 nitrogen and oxygen atoms in total. The molecule has 0 aromatic rings. The maximum atomic E-state index is 12.6. The second-order valence-corrected chi connectivity index (χ2v) is 7.08. The predicted octanol–water partition coefficient (Wildman–Crippen LogP) is 2.20. The third-order valence-electron chi connectivity index (χ3n) is 5.29. The number of carbonyl (C=O) groups is 3. The van der Waals surface area contributed by atoms with Gasteiger partial charge in [-0.3, -0.25) is 4.79 Å². The molecule has 3 rings (SSSR count). The van der Waals surface area contributed by atoms with Crippen LogP contribution in [0.3, 0.4) is 0 Å². The second kappa shape index (κ2) is 6.36. The van der Waals surface area contributed by atoms with E-state index in [-0.39, 0.29) is 17.8 Å². The quantitative estimate of drug-likeness (QED) is 0.556. The molecule has 2 fully saturated rings. The zero-order valence-corrected chi connectivity index (χ0v) is 15.1. The molecule has 0 radical (unpaired) electrons. The summed E-state index contributed by atoms with van der Waals surface area (Å²) in [6.45, 7) is 12.8. The number of allylic oxidation sites excluding steroid dienone is 1. The molecular formula is C20H22O6. The smallest absolute Gasteiger partial charge is 0.334 e. The molecule has 3 aliphatic heterocycles. The minimum absolute atomic E-state index is 0.0967. The molecule has 0 aliphatic carbocycles. The van der Waals surface area contributed by atoms with Gasteiger partial charge in [0.15, 0.2) is 5.78 Å². The van der Waals surface area contributed by atoms with Crippen LogP contribution in [0.5, 0.6) is 0 Å². The summed E-state index contributed by atoms with van der Waals surface area (Å²) in [5, 5.41) is 0. The largest absolute Gasteiger partial charge is 0.458 e. The fourth-order valence-corrected chi connectivity index (χ4v) is 3.56. The molecular weight excluding hydrogens is 336 g/mol. The zero-order valence-electron chi connectivity index (χ0n) is 15.1. The fourth-order valence-electron chi connectivity index (χ4n) is 3.56. The summed E-state index contributed by atoms with van der Waals surface area (Å²) < 4.78 is 17.2. The number of ketones is 1. The summed E-state index contributed by atoms with van der Waals surface area (Å²) in [5.74, 6) is -1.91. The molecule has 5 unspecified atom stereocenters. The molecule has 3 aliphatic rings. The molecule has 2 bridgehead atoms. The Bertz CT molecular complexity index is 773. The Hall–Kier alpha value is -2.47. The molecule has 138 valence electrons. The number of ether oxygens (including phenoxy) is 3. The van der Waals surface area contributed by atoms with Gasteiger partial charge in [-0.15, -0.1) is 0 Å². The summed E-state index contributed by atoms with van der Waals surface area (Å²) in [7, 11) is 0. The first kappa shape index (κ1) is 18.3. The fraction of sp³-hybridized carbons (Fsp3) is 0.450. The monoisotopic (exact) mass is 358 g/mol. The van der Waals surface area contributed by atoms with Crippen molar-refractivity contribution in [2.75, 3.05) is 0 Å². The maximum Gasteiger partial charge on any atom is 0.334 e. The van der Waals surface area contributed by atoms with Crippen molar-refractivity contribution in [3.8, 4) is 0 Å². The van der Waals surface area contributed by atoms with Gasteiger partial charge in [-0.05, 0) is 32.4 Å². The Balaban J connectivity index is 2.06. The molecule has 0 amide bonds. The highest BCUT2D eigenvalue weighted by Gasteiger charge is 2.57. The number of rotatable bonds is 2. The van der Waals surface area contributed by atoms with Crippen LogP contribution in [0.25, 0.3) is 0 Å². The van der Waals surface area contributed by atoms with Crippen LogP contribution in [-0.4, -0.2) is 41.6 Å². The predicted molar refractivity (Wildman–Crippen MR) is 93.0 cm³/mol. The van der Waals surface area contributed by atoms with Crippen molar-refractivity contribution >= 4 is 17.7 Å². The van der Waals surface area contributed by atoms with Gasteiger partial charge < -0.3 is 14.2 Å². The van der Waals surface area contributed by atoms with E-state index in [1.54, 1.807) is 32.9 Å². The van der Waals surface area contributed by atoms with E-state index >= 15 is 0 Å². The van der Waals surface area contributed by atoms with Gasteiger partial charge in [0, 0.05) is 17.6 Å². The van der Waals surface area contributed by atoms with Crippen molar-refractivity contribution in [2.45, 2.75) is 51.1 Å². The highest BCUT2D eigenvalue weighted by Crippen LogP contribution is 2.45. The van der Waals surface area contributed by atoms with Crippen molar-refractivity contribution in [2.24, 2.45) is 5.92 Å². The second-order valence-electron chi connectivity index (χ2n) is 7.08. The average molecular weight is 358 g/mol. The highest BCUT2D eigenvalue weighted by atomic mass is 16.6. The lowest BCUT2D eigenvalue weighted by molar-refractivity contribution is -0.158. The van der Waals surface area contributed by atoms with E-state index in [9.17, 15) is 14.4 Å². The third-order valence-corrected chi connectivity index (χ3v) is 5.29. The normalized spacial score (nSPS) is 37.0. The van der Waals surface area contributed by atoms with Gasteiger partial charge in [-0.25, -0.2) is 9.59 Å². The third kappa shape index (κ3) is 2.84. The van der Waals surface area contributed by atoms with E-state index < -0.39 is 41.8 Å². The highest BCUT2D eigenvalue weighted by molar-refractivity contribution is 5.98. The lowest BCUT2D eigenvalue weighted by Gasteiger charge is -2.30. The van der Waals surface area contributed by atoms with Crippen LogP contribution in [0.15, 0.2) is 48.1 Å². The average Bonchev–Trinajstić information content (AvgIpc) is 2.76. The summed E-state index contributed by atoms with van der Waals surface area (Å²) in [4.78, 5) is 37.1. The Morgan fingerprint density at radius 2 is 2.04 bits per heavy atom. The molecule has 2 saturated heterocycles. The first-order valence-electron chi connectivity index (χ1n) is 8.50. The van der Waals surface area contributed by atoms with Crippen molar-refractivity contribution in [1.29, 1.82) is 0 Å². The molecule has 0 spiro atoms. The van der Waals surface area contributed by atoms with Gasteiger partial charge in [-0.1, -0.05) is 25.3 Å². The van der Waals surface area contributed by atoms with E-state index in [0.717, 1.165) is 0 Å². The van der Waals surface area contributed by atoms with Crippen LogP contribution >= 0.6 is 0 Å². The van der Waals surface area contributed by atoms with Crippen LogP contribution in [-0.2, 0) is 28.6 Å². The van der Waals surface area contributed by atoms with E-state index in [2.05, 4.69) is 13.2 Å². The lowest BCUT2D eigenvalue weighted by Crippen LogP contribution is -2.42. The standard InChI is InChI=1S/C20H22O6/c1-6-10(2)18(22)24-13-9-20(5)14(21)8-7-11(3)16(26-20)17-15(13)12(4)19(23)25-17/h6-8,13,15-17H,3-4,9H2,1-2,5H3.